The summed E-state index contributed by atoms with van der Waals surface area (Å²) in [6.07, 6.45) is 0.726. The summed E-state index contributed by atoms with van der Waals surface area (Å²) in [6.45, 7) is 3.64. The van der Waals surface area contributed by atoms with E-state index in [-0.39, 0.29) is 13.2 Å². The fourth-order valence-corrected chi connectivity index (χ4v) is 2.17. The van der Waals surface area contributed by atoms with Crippen molar-refractivity contribution in [2.45, 2.75) is 12.6 Å². The fourth-order valence-electron chi connectivity index (χ4n) is 2.04. The van der Waals surface area contributed by atoms with Crippen LogP contribution in [0.15, 0.2) is 67.3 Å². The van der Waals surface area contributed by atoms with Gasteiger partial charge in [-0.2, -0.15) is 0 Å². The molecular formula is C19H18ClNO4. The van der Waals surface area contributed by atoms with E-state index in [0.717, 1.165) is 5.56 Å². The van der Waals surface area contributed by atoms with Gasteiger partial charge < -0.3 is 14.8 Å². The summed E-state index contributed by atoms with van der Waals surface area (Å²) >= 11 is 5.86. The number of hydrogen-bond acceptors (Lipinski definition) is 4. The van der Waals surface area contributed by atoms with Gasteiger partial charge in [-0.1, -0.05) is 66.7 Å². The molecule has 0 spiro atoms. The van der Waals surface area contributed by atoms with Gasteiger partial charge in [-0.05, 0) is 23.3 Å². The van der Waals surface area contributed by atoms with Crippen molar-refractivity contribution in [2.75, 3.05) is 6.61 Å². The van der Waals surface area contributed by atoms with Crippen molar-refractivity contribution in [3.63, 3.8) is 0 Å². The zero-order chi connectivity index (χ0) is 18.1. The Kier molecular flexibility index (Phi) is 7.04. The van der Waals surface area contributed by atoms with E-state index < -0.39 is 18.1 Å². The Hall–Kier alpha value is -2.79. The van der Waals surface area contributed by atoms with Crippen molar-refractivity contribution in [2.24, 2.45) is 0 Å². The molecular weight excluding hydrogens is 342 g/mol. The van der Waals surface area contributed by atoms with Crippen LogP contribution in [0.25, 0.3) is 0 Å². The molecule has 5 nitrogen and oxygen atoms in total. The van der Waals surface area contributed by atoms with E-state index in [0.29, 0.717) is 10.6 Å². The Balaban J connectivity index is 2.03. The van der Waals surface area contributed by atoms with Crippen molar-refractivity contribution >= 4 is 23.7 Å². The number of nitrogens with one attached hydrogen (secondary N) is 1. The summed E-state index contributed by atoms with van der Waals surface area (Å²) in [5, 5.41) is 3.04. The first-order chi connectivity index (χ1) is 12.1. The molecule has 0 aromatic heterocycles. The molecule has 0 heterocycles. The molecule has 2 aromatic rings. The lowest BCUT2D eigenvalue weighted by Crippen LogP contribution is -2.35. The number of alkyl carbamates (subject to hydrolysis) is 1. The first-order valence-corrected chi connectivity index (χ1v) is 7.98. The second-order valence-electron chi connectivity index (χ2n) is 5.11. The van der Waals surface area contributed by atoms with Crippen LogP contribution in [0.4, 0.5) is 4.79 Å². The Morgan fingerprint density at radius 1 is 1.08 bits per heavy atom. The first-order valence-electron chi connectivity index (χ1n) is 7.60. The molecule has 1 N–H and O–H groups in total. The van der Waals surface area contributed by atoms with Gasteiger partial charge >= 0.3 is 12.1 Å². The second kappa shape index (κ2) is 9.49. The molecule has 0 unspecified atom stereocenters. The summed E-state index contributed by atoms with van der Waals surface area (Å²) in [5.74, 6) is -0.612. The maximum atomic E-state index is 12.2. The molecule has 2 rings (SSSR count). The summed E-state index contributed by atoms with van der Waals surface area (Å²) < 4.78 is 10.2. The fraction of sp³-hybridized carbons (Fsp3) is 0.158. The van der Waals surface area contributed by atoms with Gasteiger partial charge in [0.2, 0.25) is 0 Å². The lowest BCUT2D eigenvalue weighted by atomic mass is 10.1. The van der Waals surface area contributed by atoms with Gasteiger partial charge in [0.25, 0.3) is 0 Å². The normalized spacial score (nSPS) is 11.2. The number of esters is 1. The van der Waals surface area contributed by atoms with E-state index in [1.165, 1.54) is 6.08 Å². The molecule has 130 valence electrons. The van der Waals surface area contributed by atoms with Crippen LogP contribution in [0.5, 0.6) is 0 Å². The predicted molar refractivity (Wildman–Crippen MR) is 95.1 cm³/mol. The maximum Gasteiger partial charge on any atom is 0.408 e. The molecule has 25 heavy (non-hydrogen) atoms. The Bertz CT molecular complexity index is 716. The summed E-state index contributed by atoms with van der Waals surface area (Å²) in [7, 11) is 0. The van der Waals surface area contributed by atoms with E-state index in [1.54, 1.807) is 24.3 Å². The van der Waals surface area contributed by atoms with Gasteiger partial charge in [-0.15, -0.1) is 0 Å². The molecule has 0 saturated heterocycles. The highest BCUT2D eigenvalue weighted by molar-refractivity contribution is 6.30. The zero-order valence-corrected chi connectivity index (χ0v) is 14.2. The number of amides is 1. The minimum absolute atomic E-state index is 0.0453. The van der Waals surface area contributed by atoms with E-state index in [9.17, 15) is 9.59 Å². The molecule has 0 bridgehead atoms. The van der Waals surface area contributed by atoms with Crippen molar-refractivity contribution in [3.8, 4) is 0 Å². The largest absolute Gasteiger partial charge is 0.460 e. The lowest BCUT2D eigenvalue weighted by molar-refractivity contribution is -0.145. The number of halogens is 1. The van der Waals surface area contributed by atoms with E-state index >= 15 is 0 Å². The number of ether oxygens (including phenoxy) is 2. The van der Waals surface area contributed by atoms with Crippen LogP contribution in [0.2, 0.25) is 5.02 Å². The lowest BCUT2D eigenvalue weighted by Gasteiger charge is -2.17. The van der Waals surface area contributed by atoms with E-state index in [1.807, 2.05) is 30.3 Å². The molecule has 0 saturated carbocycles. The number of rotatable bonds is 7. The molecule has 2 aromatic carbocycles. The Morgan fingerprint density at radius 2 is 1.76 bits per heavy atom. The van der Waals surface area contributed by atoms with Crippen LogP contribution >= 0.6 is 11.6 Å². The van der Waals surface area contributed by atoms with Gasteiger partial charge in [0.05, 0.1) is 0 Å². The van der Waals surface area contributed by atoms with E-state index in [2.05, 4.69) is 11.9 Å². The quantitative estimate of drug-likeness (QED) is 0.598. The van der Waals surface area contributed by atoms with Crippen LogP contribution in [0, 0.1) is 0 Å². The smallest absolute Gasteiger partial charge is 0.408 e. The SMILES string of the molecule is C=CCOC(=O)[C@H](NC(=O)OCc1ccccc1)c1ccc(Cl)cc1. The predicted octanol–water partition coefficient (Wildman–Crippen LogP) is 4.04. The van der Waals surface area contributed by atoms with Crippen LogP contribution in [-0.4, -0.2) is 18.7 Å². The van der Waals surface area contributed by atoms with Crippen LogP contribution < -0.4 is 5.32 Å². The highest BCUT2D eigenvalue weighted by atomic mass is 35.5. The highest BCUT2D eigenvalue weighted by Gasteiger charge is 2.24. The zero-order valence-electron chi connectivity index (χ0n) is 13.5. The molecule has 0 aliphatic heterocycles. The Labute approximate surface area is 151 Å². The summed E-state index contributed by atoms with van der Waals surface area (Å²) in [4.78, 5) is 24.3. The number of carbonyl (C=O) groups excluding carboxylic acids is 2. The first kappa shape index (κ1) is 18.5. The summed E-state index contributed by atoms with van der Waals surface area (Å²) in [5.41, 5.74) is 1.38. The molecule has 1 atom stereocenters. The number of benzene rings is 2. The van der Waals surface area contributed by atoms with Crippen LogP contribution in [0.1, 0.15) is 17.2 Å². The van der Waals surface area contributed by atoms with Crippen molar-refractivity contribution in [1.82, 2.24) is 5.32 Å². The molecule has 1 amide bonds. The molecule has 0 radical (unpaired) electrons. The monoisotopic (exact) mass is 359 g/mol. The number of hydrogen-bond donors (Lipinski definition) is 1. The van der Waals surface area contributed by atoms with Crippen molar-refractivity contribution < 1.29 is 19.1 Å². The van der Waals surface area contributed by atoms with Gasteiger partial charge in [0.15, 0.2) is 6.04 Å². The molecule has 0 aliphatic rings. The third kappa shape index (κ3) is 5.97. The number of carbonyl (C=O) groups is 2. The topological polar surface area (TPSA) is 64.6 Å². The van der Waals surface area contributed by atoms with Crippen molar-refractivity contribution in [3.05, 3.63) is 83.4 Å². The molecule has 0 aliphatic carbocycles. The van der Waals surface area contributed by atoms with E-state index in [4.69, 9.17) is 21.1 Å². The van der Waals surface area contributed by atoms with Crippen molar-refractivity contribution in [1.29, 1.82) is 0 Å². The maximum absolute atomic E-state index is 12.2. The van der Waals surface area contributed by atoms with Gasteiger partial charge in [0, 0.05) is 5.02 Å². The third-order valence-electron chi connectivity index (χ3n) is 3.26. The highest BCUT2D eigenvalue weighted by Crippen LogP contribution is 2.18. The minimum atomic E-state index is -1.000. The Morgan fingerprint density at radius 3 is 2.40 bits per heavy atom. The average molecular weight is 360 g/mol. The van der Waals surface area contributed by atoms with Gasteiger partial charge in [-0.3, -0.25) is 0 Å². The standard InChI is InChI=1S/C19H18ClNO4/c1-2-12-24-18(22)17(15-8-10-16(20)11-9-15)21-19(23)25-13-14-6-4-3-5-7-14/h2-11,17H,1,12-13H2,(H,21,23)/t17-/m1/s1. The minimum Gasteiger partial charge on any atom is -0.460 e. The second-order valence-corrected chi connectivity index (χ2v) is 5.55. The van der Waals surface area contributed by atoms with Crippen LogP contribution in [0.3, 0.4) is 0 Å². The molecule has 6 heteroatoms. The van der Waals surface area contributed by atoms with Gasteiger partial charge in [-0.25, -0.2) is 9.59 Å². The molecule has 0 fully saturated rings. The van der Waals surface area contributed by atoms with Crippen LogP contribution in [-0.2, 0) is 20.9 Å². The average Bonchev–Trinajstić information content (AvgIpc) is 2.64. The third-order valence-corrected chi connectivity index (χ3v) is 3.51. The summed E-state index contributed by atoms with van der Waals surface area (Å²) in [6, 6.07) is 14.8. The van der Waals surface area contributed by atoms with Gasteiger partial charge in [0.1, 0.15) is 13.2 Å².